The summed E-state index contributed by atoms with van der Waals surface area (Å²) in [5.41, 5.74) is 2.29. The molecule has 1 aliphatic rings. The molecule has 1 fully saturated rings. The zero-order chi connectivity index (χ0) is 12.9. The van der Waals surface area contributed by atoms with E-state index in [0.717, 1.165) is 44.1 Å². The second kappa shape index (κ2) is 5.80. The van der Waals surface area contributed by atoms with Crippen LogP contribution in [0, 0.1) is 0 Å². The van der Waals surface area contributed by atoms with Crippen LogP contribution in [0.15, 0.2) is 42.5 Å². The molecule has 0 atom stereocenters. The van der Waals surface area contributed by atoms with E-state index < -0.39 is 0 Å². The number of hydrogen-bond acceptors (Lipinski definition) is 4. The quantitative estimate of drug-likeness (QED) is 0.900. The summed E-state index contributed by atoms with van der Waals surface area (Å²) in [5, 5.41) is 12.0. The lowest BCUT2D eigenvalue weighted by atomic mass is 10.1. The number of nitrogens with one attached hydrogen (secondary N) is 1. The minimum Gasteiger partial charge on any atom is -0.353 e. The van der Waals surface area contributed by atoms with Crippen LogP contribution in [0.25, 0.3) is 0 Å². The van der Waals surface area contributed by atoms with E-state index in [-0.39, 0.29) is 0 Å². The van der Waals surface area contributed by atoms with E-state index >= 15 is 0 Å². The van der Waals surface area contributed by atoms with Crippen LogP contribution in [-0.4, -0.2) is 36.4 Å². The van der Waals surface area contributed by atoms with Crippen LogP contribution in [-0.2, 0) is 6.42 Å². The predicted octanol–water partition coefficient (Wildman–Crippen LogP) is 1.48. The Kier molecular flexibility index (Phi) is 3.70. The van der Waals surface area contributed by atoms with Gasteiger partial charge in [0.25, 0.3) is 0 Å². The third-order valence-corrected chi connectivity index (χ3v) is 3.37. The molecule has 4 nitrogen and oxygen atoms in total. The maximum atomic E-state index is 4.35. The summed E-state index contributed by atoms with van der Waals surface area (Å²) in [5.74, 6) is 0.985. The van der Waals surface area contributed by atoms with Crippen molar-refractivity contribution in [3.8, 4) is 0 Å². The molecule has 0 radical (unpaired) electrons. The zero-order valence-corrected chi connectivity index (χ0v) is 10.9. The van der Waals surface area contributed by atoms with Gasteiger partial charge in [0.1, 0.15) is 0 Å². The number of piperazine rings is 1. The second-order valence-corrected chi connectivity index (χ2v) is 4.78. The van der Waals surface area contributed by atoms with Crippen molar-refractivity contribution < 1.29 is 0 Å². The van der Waals surface area contributed by atoms with Crippen LogP contribution in [0.1, 0.15) is 11.3 Å². The van der Waals surface area contributed by atoms with E-state index in [1.54, 1.807) is 0 Å². The molecule has 0 bridgehead atoms. The first-order chi connectivity index (χ1) is 9.42. The summed E-state index contributed by atoms with van der Waals surface area (Å²) in [4.78, 5) is 2.27. The Morgan fingerprint density at radius 2 is 1.74 bits per heavy atom. The van der Waals surface area contributed by atoms with Crippen LogP contribution in [0.2, 0.25) is 0 Å². The maximum Gasteiger partial charge on any atom is 0.151 e. The molecular formula is C15H18N4. The van der Waals surface area contributed by atoms with E-state index in [0.29, 0.717) is 0 Å². The van der Waals surface area contributed by atoms with E-state index in [1.807, 2.05) is 6.07 Å². The lowest BCUT2D eigenvalue weighted by molar-refractivity contribution is 0.582. The molecule has 0 unspecified atom stereocenters. The third-order valence-electron chi connectivity index (χ3n) is 3.37. The Morgan fingerprint density at radius 3 is 2.42 bits per heavy atom. The molecule has 3 rings (SSSR count). The van der Waals surface area contributed by atoms with Gasteiger partial charge in [-0.3, -0.25) is 0 Å². The number of rotatable bonds is 3. The molecule has 1 saturated heterocycles. The summed E-state index contributed by atoms with van der Waals surface area (Å²) in [7, 11) is 0. The molecule has 1 aromatic heterocycles. The van der Waals surface area contributed by atoms with Crippen LogP contribution in [0.4, 0.5) is 5.82 Å². The van der Waals surface area contributed by atoms with Crippen molar-refractivity contribution in [1.82, 2.24) is 15.5 Å². The van der Waals surface area contributed by atoms with Crippen molar-refractivity contribution in [2.24, 2.45) is 0 Å². The van der Waals surface area contributed by atoms with Gasteiger partial charge in [0.2, 0.25) is 0 Å². The fourth-order valence-electron chi connectivity index (χ4n) is 2.31. The summed E-state index contributed by atoms with van der Waals surface area (Å²) in [6.07, 6.45) is 0.843. The third kappa shape index (κ3) is 3.09. The highest BCUT2D eigenvalue weighted by Crippen LogP contribution is 2.12. The van der Waals surface area contributed by atoms with E-state index in [9.17, 15) is 0 Å². The molecule has 98 valence electrons. The predicted molar refractivity (Wildman–Crippen MR) is 76.4 cm³/mol. The van der Waals surface area contributed by atoms with Crippen molar-refractivity contribution in [2.75, 3.05) is 31.1 Å². The van der Waals surface area contributed by atoms with Gasteiger partial charge in [0.05, 0.1) is 5.69 Å². The second-order valence-electron chi connectivity index (χ2n) is 4.78. The fraction of sp³-hybridized carbons (Fsp3) is 0.333. The number of hydrogen-bond donors (Lipinski definition) is 1. The molecule has 4 heteroatoms. The Hall–Kier alpha value is -1.94. The first-order valence-corrected chi connectivity index (χ1v) is 6.74. The zero-order valence-electron chi connectivity index (χ0n) is 10.9. The minimum atomic E-state index is 0.843. The Balaban J connectivity index is 1.68. The number of aromatic nitrogens is 2. The van der Waals surface area contributed by atoms with Gasteiger partial charge in [0, 0.05) is 32.6 Å². The smallest absolute Gasteiger partial charge is 0.151 e. The van der Waals surface area contributed by atoms with Gasteiger partial charge < -0.3 is 10.2 Å². The van der Waals surface area contributed by atoms with Crippen molar-refractivity contribution in [3.05, 3.63) is 53.7 Å². The monoisotopic (exact) mass is 254 g/mol. The molecule has 0 spiro atoms. The molecule has 0 aliphatic carbocycles. The average Bonchev–Trinajstić information content (AvgIpc) is 2.50. The molecule has 0 amide bonds. The number of nitrogens with zero attached hydrogens (tertiary/aromatic N) is 3. The lowest BCUT2D eigenvalue weighted by Gasteiger charge is -2.27. The Bertz CT molecular complexity index is 503. The molecule has 1 aliphatic heterocycles. The molecule has 1 aromatic carbocycles. The highest BCUT2D eigenvalue weighted by Gasteiger charge is 2.11. The molecule has 1 N–H and O–H groups in total. The van der Waals surface area contributed by atoms with Gasteiger partial charge in [-0.15, -0.1) is 5.10 Å². The Morgan fingerprint density at radius 1 is 0.947 bits per heavy atom. The summed E-state index contributed by atoms with van der Waals surface area (Å²) in [6.45, 7) is 4.06. The lowest BCUT2D eigenvalue weighted by Crippen LogP contribution is -2.44. The van der Waals surface area contributed by atoms with E-state index in [1.165, 1.54) is 5.56 Å². The minimum absolute atomic E-state index is 0.843. The normalized spacial score (nSPS) is 15.5. The molecule has 2 aromatic rings. The average molecular weight is 254 g/mol. The molecule has 19 heavy (non-hydrogen) atoms. The van der Waals surface area contributed by atoms with Gasteiger partial charge in [-0.1, -0.05) is 30.3 Å². The van der Waals surface area contributed by atoms with Gasteiger partial charge >= 0.3 is 0 Å². The number of benzene rings is 1. The molecule has 0 saturated carbocycles. The van der Waals surface area contributed by atoms with E-state index in [2.05, 4.69) is 56.8 Å². The number of anilines is 1. The SMILES string of the molecule is c1ccc(Cc2ccc(N3CCNCC3)nn2)cc1. The van der Waals surface area contributed by atoms with Gasteiger partial charge in [-0.25, -0.2) is 0 Å². The maximum absolute atomic E-state index is 4.35. The Labute approximate surface area is 113 Å². The first kappa shape index (κ1) is 12.1. The standard InChI is InChI=1S/C15H18N4/c1-2-4-13(5-3-1)12-14-6-7-15(18-17-14)19-10-8-16-9-11-19/h1-7,16H,8-12H2. The highest BCUT2D eigenvalue weighted by molar-refractivity contribution is 5.38. The van der Waals surface area contributed by atoms with Gasteiger partial charge in [-0.2, -0.15) is 5.10 Å². The van der Waals surface area contributed by atoms with Crippen LogP contribution < -0.4 is 10.2 Å². The first-order valence-electron chi connectivity index (χ1n) is 6.74. The van der Waals surface area contributed by atoms with Crippen molar-refractivity contribution >= 4 is 5.82 Å². The summed E-state index contributed by atoms with van der Waals surface area (Å²) >= 11 is 0. The summed E-state index contributed by atoms with van der Waals surface area (Å²) < 4.78 is 0. The van der Waals surface area contributed by atoms with Crippen molar-refractivity contribution in [1.29, 1.82) is 0 Å². The van der Waals surface area contributed by atoms with Gasteiger partial charge in [0.15, 0.2) is 5.82 Å². The van der Waals surface area contributed by atoms with Gasteiger partial charge in [-0.05, 0) is 17.7 Å². The topological polar surface area (TPSA) is 41.0 Å². The molecular weight excluding hydrogens is 236 g/mol. The summed E-state index contributed by atoms with van der Waals surface area (Å²) in [6, 6.07) is 14.5. The van der Waals surface area contributed by atoms with E-state index in [4.69, 9.17) is 0 Å². The van der Waals surface area contributed by atoms with Crippen molar-refractivity contribution in [2.45, 2.75) is 6.42 Å². The largest absolute Gasteiger partial charge is 0.353 e. The highest BCUT2D eigenvalue weighted by atomic mass is 15.3. The van der Waals surface area contributed by atoms with Crippen molar-refractivity contribution in [3.63, 3.8) is 0 Å². The van der Waals surface area contributed by atoms with Crippen LogP contribution >= 0.6 is 0 Å². The molecule has 2 heterocycles. The fourth-order valence-corrected chi connectivity index (χ4v) is 2.31. The van der Waals surface area contributed by atoms with Crippen LogP contribution in [0.5, 0.6) is 0 Å². The van der Waals surface area contributed by atoms with Crippen LogP contribution in [0.3, 0.4) is 0 Å².